The number of hydrogen-bond acceptors (Lipinski definition) is 4. The highest BCUT2D eigenvalue weighted by atomic mass is 16.6. The van der Waals surface area contributed by atoms with Gasteiger partial charge >= 0.3 is 0 Å². The molecule has 27 heavy (non-hydrogen) atoms. The maximum atomic E-state index is 12.6. The maximum Gasteiger partial charge on any atom is 0.139 e. The van der Waals surface area contributed by atoms with Gasteiger partial charge in [-0.15, -0.1) is 0 Å². The molecule has 150 valence electrons. The van der Waals surface area contributed by atoms with Crippen LogP contribution in [0.15, 0.2) is 16.8 Å². The molecule has 6 atom stereocenters. The van der Waals surface area contributed by atoms with Crippen LogP contribution in [0.2, 0.25) is 0 Å². The number of nitrogens with zero attached hydrogens (tertiary/aromatic N) is 1. The molecule has 4 heteroatoms. The number of carbonyl (C=O) groups excluding carboxylic acids is 1. The smallest absolute Gasteiger partial charge is 0.139 e. The summed E-state index contributed by atoms with van der Waals surface area (Å²) in [6.07, 6.45) is 11.1. The van der Waals surface area contributed by atoms with Gasteiger partial charge in [-0.25, -0.2) is 0 Å². The molecule has 0 saturated heterocycles. The second-order valence-electron chi connectivity index (χ2n) is 9.90. The van der Waals surface area contributed by atoms with Crippen molar-refractivity contribution in [3.05, 3.63) is 11.6 Å². The zero-order chi connectivity index (χ0) is 19.2. The van der Waals surface area contributed by atoms with Crippen molar-refractivity contribution in [3.63, 3.8) is 0 Å². The highest BCUT2D eigenvalue weighted by molar-refractivity contribution is 5.87. The molecule has 4 nitrogen and oxygen atoms in total. The minimum Gasteiger partial charge on any atom is -0.395 e. The molecule has 0 radical (unpaired) electrons. The van der Waals surface area contributed by atoms with Crippen molar-refractivity contribution >= 4 is 11.5 Å². The third-order valence-corrected chi connectivity index (χ3v) is 8.87. The van der Waals surface area contributed by atoms with E-state index in [0.717, 1.165) is 38.0 Å². The van der Waals surface area contributed by atoms with Crippen LogP contribution < -0.4 is 5.73 Å². The first-order valence-electron chi connectivity index (χ1n) is 11.0. The fraction of sp³-hybridized carbons (Fsp3) is 0.826. The van der Waals surface area contributed by atoms with Gasteiger partial charge < -0.3 is 10.6 Å². The summed E-state index contributed by atoms with van der Waals surface area (Å²) >= 11 is 0. The van der Waals surface area contributed by atoms with E-state index in [1.807, 2.05) is 0 Å². The average Bonchev–Trinajstić information content (AvgIpc) is 2.96. The van der Waals surface area contributed by atoms with E-state index in [9.17, 15) is 4.79 Å². The van der Waals surface area contributed by atoms with E-state index in [1.54, 1.807) is 5.57 Å². The van der Waals surface area contributed by atoms with Crippen molar-refractivity contribution in [2.75, 3.05) is 13.2 Å². The zero-order valence-corrected chi connectivity index (χ0v) is 17.3. The Kier molecular flexibility index (Phi) is 4.99. The Bertz CT molecular complexity index is 669. The maximum absolute atomic E-state index is 12.6. The van der Waals surface area contributed by atoms with E-state index in [1.165, 1.54) is 25.0 Å². The van der Waals surface area contributed by atoms with Crippen LogP contribution in [0.1, 0.15) is 72.1 Å². The van der Waals surface area contributed by atoms with E-state index in [0.29, 0.717) is 42.1 Å². The van der Waals surface area contributed by atoms with Crippen LogP contribution in [0, 0.1) is 34.5 Å². The van der Waals surface area contributed by atoms with Gasteiger partial charge in [0.05, 0.1) is 5.71 Å². The van der Waals surface area contributed by atoms with E-state index >= 15 is 0 Å². The predicted octanol–water partition coefficient (Wildman–Crippen LogP) is 4.49. The van der Waals surface area contributed by atoms with Crippen molar-refractivity contribution in [1.82, 2.24) is 0 Å². The second kappa shape index (κ2) is 7.02. The molecule has 0 heterocycles. The number of allylic oxidation sites excluding steroid dienone is 2. The zero-order valence-electron chi connectivity index (χ0n) is 17.3. The van der Waals surface area contributed by atoms with Crippen LogP contribution in [0.5, 0.6) is 0 Å². The summed E-state index contributed by atoms with van der Waals surface area (Å²) in [6.45, 7) is 8.03. The Morgan fingerprint density at radius 1 is 1.19 bits per heavy atom. The van der Waals surface area contributed by atoms with Gasteiger partial charge in [-0.3, -0.25) is 4.79 Å². The number of rotatable bonds is 3. The monoisotopic (exact) mass is 372 g/mol. The fourth-order valence-corrected chi connectivity index (χ4v) is 7.33. The number of carbonyl (C=O) groups is 1. The number of ketones is 1. The Morgan fingerprint density at radius 2 is 2.00 bits per heavy atom. The lowest BCUT2D eigenvalue weighted by molar-refractivity contribution is -0.134. The molecule has 0 bridgehead atoms. The molecule has 4 aliphatic carbocycles. The first-order chi connectivity index (χ1) is 12.9. The van der Waals surface area contributed by atoms with Crippen molar-refractivity contribution in [2.45, 2.75) is 72.1 Å². The molecule has 0 aliphatic heterocycles. The quantitative estimate of drug-likeness (QED) is 0.451. The van der Waals surface area contributed by atoms with Crippen LogP contribution >= 0.6 is 0 Å². The van der Waals surface area contributed by atoms with Crippen LogP contribution in [0.25, 0.3) is 0 Å². The second-order valence-corrected chi connectivity index (χ2v) is 9.90. The minimum absolute atomic E-state index is 0.0411. The lowest BCUT2D eigenvalue weighted by Gasteiger charge is -2.60. The van der Waals surface area contributed by atoms with Gasteiger partial charge in [-0.05, 0) is 81.0 Å². The van der Waals surface area contributed by atoms with Gasteiger partial charge in [0.15, 0.2) is 0 Å². The molecule has 0 aromatic rings. The topological polar surface area (TPSA) is 64.7 Å². The summed E-state index contributed by atoms with van der Waals surface area (Å²) < 4.78 is 0. The van der Waals surface area contributed by atoms with Crippen LogP contribution in [0.4, 0.5) is 0 Å². The summed E-state index contributed by atoms with van der Waals surface area (Å²) in [4.78, 5) is 18.0. The summed E-state index contributed by atoms with van der Waals surface area (Å²) in [5.41, 5.74) is 8.63. The first kappa shape index (κ1) is 19.2. The Balaban J connectivity index is 1.61. The standard InChI is InChI=1S/C23H36N2O2/c1-4-15-13-17-18-5-6-21(26)23(18,3)10-8-19(17)22(2)9-7-16(14-20(15)22)25-27-12-11-24/h4,17-20H,5-14,24H2,1-3H3/b15-4+,25-16?/t17-,18-,19-,20?,22+,23-/m0/s1. The van der Waals surface area contributed by atoms with Crippen molar-refractivity contribution < 1.29 is 9.63 Å². The molecule has 0 aromatic heterocycles. The summed E-state index contributed by atoms with van der Waals surface area (Å²) in [7, 11) is 0. The van der Waals surface area contributed by atoms with Crippen LogP contribution in [-0.2, 0) is 9.63 Å². The Morgan fingerprint density at radius 3 is 2.74 bits per heavy atom. The fourth-order valence-electron chi connectivity index (χ4n) is 7.33. The van der Waals surface area contributed by atoms with Gasteiger partial charge in [0, 0.05) is 18.4 Å². The van der Waals surface area contributed by atoms with Gasteiger partial charge in [0.1, 0.15) is 12.4 Å². The van der Waals surface area contributed by atoms with Gasteiger partial charge in [0.2, 0.25) is 0 Å². The molecule has 0 aromatic carbocycles. The van der Waals surface area contributed by atoms with Crippen molar-refractivity contribution in [2.24, 2.45) is 45.4 Å². The molecule has 2 N–H and O–H groups in total. The summed E-state index contributed by atoms with van der Waals surface area (Å²) in [5.74, 6) is 3.16. The Hall–Kier alpha value is -1.16. The Labute approximate surface area is 164 Å². The largest absolute Gasteiger partial charge is 0.395 e. The minimum atomic E-state index is -0.0411. The molecule has 4 rings (SSSR count). The molecule has 4 aliphatic rings. The highest BCUT2D eigenvalue weighted by Crippen LogP contribution is 2.66. The van der Waals surface area contributed by atoms with Crippen molar-refractivity contribution in [1.29, 1.82) is 0 Å². The van der Waals surface area contributed by atoms with Gasteiger partial charge in [0.25, 0.3) is 0 Å². The molecular formula is C23H36N2O2. The first-order valence-corrected chi connectivity index (χ1v) is 11.0. The molecule has 4 saturated carbocycles. The molecule has 0 amide bonds. The van der Waals surface area contributed by atoms with E-state index in [4.69, 9.17) is 10.6 Å². The van der Waals surface area contributed by atoms with Crippen LogP contribution in [-0.4, -0.2) is 24.6 Å². The van der Waals surface area contributed by atoms with Gasteiger partial charge in [-0.2, -0.15) is 0 Å². The number of hydrogen-bond donors (Lipinski definition) is 1. The number of nitrogens with two attached hydrogens (primary N) is 1. The third-order valence-electron chi connectivity index (χ3n) is 8.87. The lowest BCUT2D eigenvalue weighted by Crippen LogP contribution is -2.54. The van der Waals surface area contributed by atoms with E-state index in [-0.39, 0.29) is 5.41 Å². The summed E-state index contributed by atoms with van der Waals surface area (Å²) in [6, 6.07) is 0. The molecular weight excluding hydrogens is 336 g/mol. The number of fused-ring (bicyclic) bond motifs is 5. The molecule has 4 fully saturated rings. The van der Waals surface area contributed by atoms with Gasteiger partial charge in [-0.1, -0.05) is 30.7 Å². The number of oxime groups is 1. The van der Waals surface area contributed by atoms with E-state index < -0.39 is 0 Å². The third kappa shape index (κ3) is 2.90. The SMILES string of the molecule is C/C=C1\C[C@@H]2[C@H](CC[C@]3(C)C(=O)CC[C@@H]23)[C@@]2(C)CCC(=NOCCN)CC12. The number of Topliss-reactive ketones (excluding diaryl/α,β-unsaturated/α-hetero) is 1. The van der Waals surface area contributed by atoms with Crippen LogP contribution in [0.3, 0.4) is 0 Å². The lowest BCUT2D eigenvalue weighted by atomic mass is 9.44. The molecule has 0 spiro atoms. The van der Waals surface area contributed by atoms with E-state index in [2.05, 4.69) is 32.0 Å². The van der Waals surface area contributed by atoms with Crippen molar-refractivity contribution in [3.8, 4) is 0 Å². The predicted molar refractivity (Wildman–Crippen MR) is 108 cm³/mol. The summed E-state index contributed by atoms with van der Waals surface area (Å²) in [5, 5.41) is 4.41. The normalized spacial score (nSPS) is 46.9. The average molecular weight is 373 g/mol. The molecule has 1 unspecified atom stereocenters. The highest BCUT2D eigenvalue weighted by Gasteiger charge is 2.60.